The van der Waals surface area contributed by atoms with Crippen LogP contribution in [-0.4, -0.2) is 25.2 Å². The first-order valence-corrected chi connectivity index (χ1v) is 6.81. The second-order valence-electron chi connectivity index (χ2n) is 3.65. The van der Waals surface area contributed by atoms with Gasteiger partial charge in [-0.1, -0.05) is 35.4 Å². The lowest BCUT2D eigenvalue weighted by atomic mass is 9.81. The first-order valence-electron chi connectivity index (χ1n) is 5.93. The van der Waals surface area contributed by atoms with Crippen LogP contribution in [-0.2, 0) is 19.1 Å². The third-order valence-corrected chi connectivity index (χ3v) is 2.80. The number of carbonyl (C=O) groups is 2. The summed E-state index contributed by atoms with van der Waals surface area (Å²) in [7, 11) is 0. The summed E-state index contributed by atoms with van der Waals surface area (Å²) in [4.78, 5) is 24.2. The number of ether oxygens (including phenoxy) is 2. The fraction of sp³-hybridized carbons (Fsp3) is 0.538. The molecule has 0 radical (unpaired) electrons. The van der Waals surface area contributed by atoms with Crippen molar-refractivity contribution in [1.82, 2.24) is 0 Å². The Bertz CT molecular complexity index is 317. The molecule has 0 heterocycles. The summed E-state index contributed by atoms with van der Waals surface area (Å²) < 4.78 is 9.95. The Morgan fingerprint density at radius 1 is 0.947 bits per heavy atom. The highest BCUT2D eigenvalue weighted by Crippen LogP contribution is 2.32. The van der Waals surface area contributed by atoms with Gasteiger partial charge in [0, 0.05) is 11.1 Å². The zero-order valence-corrected chi connectivity index (χ0v) is 12.5. The molecule has 6 heteroatoms. The summed E-state index contributed by atoms with van der Waals surface area (Å²) >= 11 is 11.0. The predicted octanol–water partition coefficient (Wildman–Crippen LogP) is 3.38. The van der Waals surface area contributed by atoms with E-state index in [0.717, 1.165) is 0 Å². The maximum atomic E-state index is 12.1. The average molecular weight is 309 g/mol. The van der Waals surface area contributed by atoms with Gasteiger partial charge in [-0.3, -0.25) is 9.59 Å². The van der Waals surface area contributed by atoms with E-state index in [1.54, 1.807) is 13.8 Å². The molecular weight excluding hydrogens is 291 g/mol. The SMILES string of the molecule is CCOC(=O)C(C/C=C/Cl)(C/C=C/Cl)C(=O)OCC. The Balaban J connectivity index is 5.40. The first-order chi connectivity index (χ1) is 9.08. The quantitative estimate of drug-likeness (QED) is 0.509. The molecule has 19 heavy (non-hydrogen) atoms. The van der Waals surface area contributed by atoms with E-state index in [2.05, 4.69) is 0 Å². The molecule has 0 unspecified atom stereocenters. The molecule has 0 aliphatic heterocycles. The maximum absolute atomic E-state index is 12.1. The van der Waals surface area contributed by atoms with Gasteiger partial charge in [-0.2, -0.15) is 0 Å². The number of hydrogen-bond donors (Lipinski definition) is 0. The number of esters is 2. The molecular formula is C13H18Cl2O4. The second kappa shape index (κ2) is 9.87. The molecule has 0 saturated heterocycles. The topological polar surface area (TPSA) is 52.6 Å². The lowest BCUT2D eigenvalue weighted by molar-refractivity contribution is -0.171. The molecule has 0 rings (SSSR count). The molecule has 0 saturated carbocycles. The molecule has 0 aromatic carbocycles. The fourth-order valence-corrected chi connectivity index (χ4v) is 1.71. The molecule has 4 nitrogen and oxygen atoms in total. The summed E-state index contributed by atoms with van der Waals surface area (Å²) in [6, 6.07) is 0. The Kier molecular flexibility index (Phi) is 9.35. The highest BCUT2D eigenvalue weighted by molar-refractivity contribution is 6.25. The Hall–Kier alpha value is -1.00. The maximum Gasteiger partial charge on any atom is 0.324 e. The summed E-state index contributed by atoms with van der Waals surface area (Å²) in [5.74, 6) is -1.28. The fourth-order valence-electron chi connectivity index (χ4n) is 1.53. The summed E-state index contributed by atoms with van der Waals surface area (Å²) in [6.07, 6.45) is 3.21. The zero-order valence-electron chi connectivity index (χ0n) is 11.0. The smallest absolute Gasteiger partial charge is 0.324 e. The standard InChI is InChI=1S/C13H18Cl2O4/c1-3-18-11(16)13(7-5-9-14,8-6-10-15)12(17)19-4-2/h5-6,9-10H,3-4,7-8H2,1-2H3/b9-5+,10-6+. The third-order valence-electron chi connectivity index (χ3n) is 2.44. The van der Waals surface area contributed by atoms with Crippen molar-refractivity contribution in [3.63, 3.8) is 0 Å². The van der Waals surface area contributed by atoms with Gasteiger partial charge in [-0.25, -0.2) is 0 Å². The zero-order chi connectivity index (χ0) is 14.7. The van der Waals surface area contributed by atoms with Crippen molar-refractivity contribution in [2.24, 2.45) is 5.41 Å². The van der Waals surface area contributed by atoms with Crippen LogP contribution in [0.25, 0.3) is 0 Å². The summed E-state index contributed by atoms with van der Waals surface area (Å²) in [6.45, 7) is 3.69. The van der Waals surface area contributed by atoms with E-state index in [-0.39, 0.29) is 26.1 Å². The highest BCUT2D eigenvalue weighted by Gasteiger charge is 2.47. The molecule has 0 aliphatic rings. The molecule has 0 spiro atoms. The van der Waals surface area contributed by atoms with Crippen LogP contribution in [0.15, 0.2) is 23.2 Å². The summed E-state index contributed by atoms with van der Waals surface area (Å²) in [5, 5.41) is 0. The van der Waals surface area contributed by atoms with Gasteiger partial charge in [-0.05, 0) is 26.7 Å². The molecule has 0 aromatic heterocycles. The van der Waals surface area contributed by atoms with Crippen molar-refractivity contribution < 1.29 is 19.1 Å². The largest absolute Gasteiger partial charge is 0.465 e. The third kappa shape index (κ3) is 5.25. The average Bonchev–Trinajstić information content (AvgIpc) is 2.40. The van der Waals surface area contributed by atoms with Crippen molar-refractivity contribution in [1.29, 1.82) is 0 Å². The van der Waals surface area contributed by atoms with Gasteiger partial charge in [0.2, 0.25) is 0 Å². The number of halogens is 2. The van der Waals surface area contributed by atoms with E-state index in [0.29, 0.717) is 0 Å². The number of allylic oxidation sites excluding steroid dienone is 2. The minimum atomic E-state index is -1.44. The van der Waals surface area contributed by atoms with E-state index in [1.807, 2.05) is 0 Å². The van der Waals surface area contributed by atoms with Gasteiger partial charge in [0.05, 0.1) is 13.2 Å². The van der Waals surface area contributed by atoms with Crippen LogP contribution in [0.3, 0.4) is 0 Å². The lowest BCUT2D eigenvalue weighted by Gasteiger charge is -2.26. The van der Waals surface area contributed by atoms with Gasteiger partial charge in [0.15, 0.2) is 5.41 Å². The number of hydrogen-bond acceptors (Lipinski definition) is 4. The van der Waals surface area contributed by atoms with Crippen LogP contribution in [0.5, 0.6) is 0 Å². The second-order valence-corrected chi connectivity index (χ2v) is 4.16. The van der Waals surface area contributed by atoms with E-state index in [1.165, 1.54) is 23.2 Å². The Morgan fingerprint density at radius 2 is 1.32 bits per heavy atom. The molecule has 108 valence electrons. The Morgan fingerprint density at radius 3 is 1.58 bits per heavy atom. The highest BCUT2D eigenvalue weighted by atomic mass is 35.5. The molecule has 0 aliphatic carbocycles. The van der Waals surface area contributed by atoms with Gasteiger partial charge in [0.25, 0.3) is 0 Å². The number of rotatable bonds is 8. The lowest BCUT2D eigenvalue weighted by Crippen LogP contribution is -2.41. The minimum Gasteiger partial charge on any atom is -0.465 e. The normalized spacial score (nSPS) is 12.0. The Labute approximate surface area is 123 Å². The van der Waals surface area contributed by atoms with Crippen molar-refractivity contribution >= 4 is 35.1 Å². The van der Waals surface area contributed by atoms with Crippen LogP contribution in [0.1, 0.15) is 26.7 Å². The van der Waals surface area contributed by atoms with Crippen LogP contribution >= 0.6 is 23.2 Å². The van der Waals surface area contributed by atoms with Gasteiger partial charge in [0.1, 0.15) is 0 Å². The van der Waals surface area contributed by atoms with E-state index >= 15 is 0 Å². The molecule has 0 N–H and O–H groups in total. The number of carbonyl (C=O) groups excluding carboxylic acids is 2. The molecule has 0 aromatic rings. The van der Waals surface area contributed by atoms with E-state index in [9.17, 15) is 9.59 Å². The van der Waals surface area contributed by atoms with Crippen molar-refractivity contribution in [2.75, 3.05) is 13.2 Å². The van der Waals surface area contributed by atoms with E-state index in [4.69, 9.17) is 32.7 Å². The van der Waals surface area contributed by atoms with Crippen LogP contribution in [0.4, 0.5) is 0 Å². The van der Waals surface area contributed by atoms with Crippen LogP contribution < -0.4 is 0 Å². The van der Waals surface area contributed by atoms with E-state index < -0.39 is 17.4 Å². The predicted molar refractivity (Wildman–Crippen MR) is 74.9 cm³/mol. The van der Waals surface area contributed by atoms with Crippen molar-refractivity contribution in [2.45, 2.75) is 26.7 Å². The van der Waals surface area contributed by atoms with Gasteiger partial charge < -0.3 is 9.47 Å². The van der Waals surface area contributed by atoms with Crippen LogP contribution in [0.2, 0.25) is 0 Å². The van der Waals surface area contributed by atoms with Gasteiger partial charge in [-0.15, -0.1) is 0 Å². The first kappa shape index (κ1) is 18.0. The summed E-state index contributed by atoms with van der Waals surface area (Å²) in [5.41, 5.74) is 1.05. The van der Waals surface area contributed by atoms with Crippen LogP contribution in [0, 0.1) is 5.41 Å². The minimum absolute atomic E-state index is 0.0927. The molecule has 0 amide bonds. The monoisotopic (exact) mass is 308 g/mol. The van der Waals surface area contributed by atoms with Crippen molar-refractivity contribution in [3.8, 4) is 0 Å². The molecule has 0 atom stereocenters. The molecule has 0 fully saturated rings. The molecule has 0 bridgehead atoms. The van der Waals surface area contributed by atoms with Gasteiger partial charge >= 0.3 is 11.9 Å². The van der Waals surface area contributed by atoms with Crippen molar-refractivity contribution in [3.05, 3.63) is 23.2 Å².